The van der Waals surface area contributed by atoms with Gasteiger partial charge in [0.25, 0.3) is 5.91 Å². The van der Waals surface area contributed by atoms with E-state index in [4.69, 9.17) is 0 Å². The first-order chi connectivity index (χ1) is 12.5. The van der Waals surface area contributed by atoms with Gasteiger partial charge in [0.1, 0.15) is 0 Å². The molecule has 3 rings (SSSR count). The van der Waals surface area contributed by atoms with Gasteiger partial charge in [-0.1, -0.05) is 18.9 Å². The number of hydrogen-bond donors (Lipinski definition) is 1. The van der Waals surface area contributed by atoms with Gasteiger partial charge in [0.15, 0.2) is 0 Å². The molecule has 6 nitrogen and oxygen atoms in total. The minimum atomic E-state index is -3.53. The number of nitrogens with zero attached hydrogens (tertiary/aromatic N) is 2. The molecule has 2 fully saturated rings. The maximum absolute atomic E-state index is 13.0. The zero-order valence-electron chi connectivity index (χ0n) is 15.9. The van der Waals surface area contributed by atoms with E-state index in [1.807, 2.05) is 11.9 Å². The molecule has 0 unspecified atom stereocenters. The number of rotatable bonds is 4. The highest BCUT2D eigenvalue weighted by Gasteiger charge is 2.27. The van der Waals surface area contributed by atoms with Gasteiger partial charge in [0, 0.05) is 37.8 Å². The van der Waals surface area contributed by atoms with Gasteiger partial charge in [-0.15, -0.1) is 12.4 Å². The Hall–Kier alpha value is -1.15. The Balaban J connectivity index is 0.00000261. The van der Waals surface area contributed by atoms with Crippen molar-refractivity contribution >= 4 is 28.3 Å². The molecule has 1 N–H and O–H groups in total. The second kappa shape index (κ2) is 9.87. The van der Waals surface area contributed by atoms with Crippen LogP contribution < -0.4 is 5.32 Å². The number of hydrogen-bond acceptors (Lipinski definition) is 4. The van der Waals surface area contributed by atoms with Crippen LogP contribution in [0.2, 0.25) is 0 Å². The van der Waals surface area contributed by atoms with Crippen LogP contribution in [0.1, 0.15) is 48.9 Å². The van der Waals surface area contributed by atoms with Gasteiger partial charge in [0.2, 0.25) is 10.0 Å². The molecule has 27 heavy (non-hydrogen) atoms. The lowest BCUT2D eigenvalue weighted by molar-refractivity contribution is 0.0707. The number of piperidine rings is 1. The second-order valence-corrected chi connectivity index (χ2v) is 9.14. The quantitative estimate of drug-likeness (QED) is 0.820. The monoisotopic (exact) mass is 415 g/mol. The predicted octanol–water partition coefficient (Wildman–Crippen LogP) is 2.50. The van der Waals surface area contributed by atoms with Crippen LogP contribution in [0.15, 0.2) is 29.2 Å². The summed E-state index contributed by atoms with van der Waals surface area (Å²) in [4.78, 5) is 14.9. The topological polar surface area (TPSA) is 69.7 Å². The Labute approximate surface area is 168 Å². The van der Waals surface area contributed by atoms with Crippen LogP contribution in [-0.2, 0) is 10.0 Å². The van der Waals surface area contributed by atoms with E-state index in [-0.39, 0.29) is 23.2 Å². The van der Waals surface area contributed by atoms with Gasteiger partial charge in [-0.3, -0.25) is 4.79 Å². The number of sulfonamides is 1. The molecule has 2 saturated heterocycles. The Kier molecular flexibility index (Phi) is 8.09. The first-order valence-corrected chi connectivity index (χ1v) is 11.0. The number of benzene rings is 1. The third-order valence-electron chi connectivity index (χ3n) is 5.47. The Morgan fingerprint density at radius 1 is 1.04 bits per heavy atom. The van der Waals surface area contributed by atoms with Gasteiger partial charge in [-0.2, -0.15) is 4.31 Å². The van der Waals surface area contributed by atoms with E-state index in [2.05, 4.69) is 5.32 Å². The van der Waals surface area contributed by atoms with Crippen molar-refractivity contribution < 1.29 is 13.2 Å². The fraction of sp³-hybridized carbons (Fsp3) is 0.632. The maximum Gasteiger partial charge on any atom is 0.253 e. The second-order valence-electron chi connectivity index (χ2n) is 7.20. The minimum Gasteiger partial charge on any atom is -0.339 e. The van der Waals surface area contributed by atoms with Gasteiger partial charge < -0.3 is 10.2 Å². The van der Waals surface area contributed by atoms with Gasteiger partial charge in [-0.25, -0.2) is 8.42 Å². The van der Waals surface area contributed by atoms with Gasteiger partial charge in [-0.05, 0) is 50.9 Å². The number of carbonyl (C=O) groups is 1. The molecule has 8 heteroatoms. The maximum atomic E-state index is 13.0. The lowest BCUT2D eigenvalue weighted by Crippen LogP contribution is -2.44. The molecular formula is C19H30ClN3O3S. The highest BCUT2D eigenvalue weighted by atomic mass is 35.5. The molecule has 0 saturated carbocycles. The molecular weight excluding hydrogens is 386 g/mol. The average Bonchev–Trinajstić information content (AvgIpc) is 2.98. The summed E-state index contributed by atoms with van der Waals surface area (Å²) >= 11 is 0. The van der Waals surface area contributed by atoms with Crippen molar-refractivity contribution in [3.63, 3.8) is 0 Å². The molecule has 0 radical (unpaired) electrons. The third kappa shape index (κ3) is 5.22. The zero-order valence-corrected chi connectivity index (χ0v) is 17.5. The number of likely N-dealkylation sites (tertiary alicyclic amines) is 1. The highest BCUT2D eigenvalue weighted by Crippen LogP contribution is 2.22. The normalized spacial score (nSPS) is 20.0. The molecule has 0 atom stereocenters. The molecule has 2 aliphatic heterocycles. The summed E-state index contributed by atoms with van der Waals surface area (Å²) in [5, 5.41) is 3.25. The van der Waals surface area contributed by atoms with Crippen LogP contribution in [0.5, 0.6) is 0 Å². The number of halogens is 1. The largest absolute Gasteiger partial charge is 0.339 e. The van der Waals surface area contributed by atoms with Crippen molar-refractivity contribution in [2.24, 2.45) is 0 Å². The van der Waals surface area contributed by atoms with E-state index in [9.17, 15) is 13.2 Å². The first-order valence-electron chi connectivity index (χ1n) is 9.59. The third-order valence-corrected chi connectivity index (χ3v) is 7.37. The minimum absolute atomic E-state index is 0. The van der Waals surface area contributed by atoms with Crippen LogP contribution in [0.4, 0.5) is 0 Å². The molecule has 2 heterocycles. The predicted molar refractivity (Wildman–Crippen MR) is 109 cm³/mol. The summed E-state index contributed by atoms with van der Waals surface area (Å²) in [6, 6.07) is 7.00. The van der Waals surface area contributed by atoms with Crippen molar-refractivity contribution in [2.45, 2.75) is 49.5 Å². The van der Waals surface area contributed by atoms with E-state index < -0.39 is 10.0 Å². The van der Waals surface area contributed by atoms with Crippen molar-refractivity contribution in [1.29, 1.82) is 0 Å². The van der Waals surface area contributed by atoms with Gasteiger partial charge >= 0.3 is 0 Å². The van der Waals surface area contributed by atoms with Crippen LogP contribution in [0.25, 0.3) is 0 Å². The molecule has 0 spiro atoms. The molecule has 0 bridgehead atoms. The standard InChI is InChI=1S/C19H29N3O3S.ClH/c1-20-17-9-13-21(14-10-17)19(23)16-7-6-8-18(15-16)26(24,25)22-11-4-2-3-5-12-22;/h6-8,15,17,20H,2-5,9-14H2,1H3;1H. The van der Waals surface area contributed by atoms with Crippen LogP contribution in [0, 0.1) is 0 Å². The fourth-order valence-corrected chi connectivity index (χ4v) is 5.34. The van der Waals surface area contributed by atoms with E-state index in [0.29, 0.717) is 37.8 Å². The number of nitrogens with one attached hydrogen (secondary N) is 1. The summed E-state index contributed by atoms with van der Waals surface area (Å²) in [5.41, 5.74) is 0.462. The zero-order chi connectivity index (χ0) is 18.6. The van der Waals surface area contributed by atoms with Gasteiger partial charge in [0.05, 0.1) is 4.90 Å². The Morgan fingerprint density at radius 2 is 1.67 bits per heavy atom. The molecule has 1 amide bonds. The molecule has 1 aromatic rings. The summed E-state index contributed by atoms with van der Waals surface area (Å²) in [7, 11) is -1.59. The summed E-state index contributed by atoms with van der Waals surface area (Å²) in [6.45, 7) is 2.54. The molecule has 152 valence electrons. The molecule has 0 aromatic heterocycles. The summed E-state index contributed by atoms with van der Waals surface area (Å²) < 4.78 is 27.5. The fourth-order valence-electron chi connectivity index (χ4n) is 3.77. The lowest BCUT2D eigenvalue weighted by atomic mass is 10.0. The lowest BCUT2D eigenvalue weighted by Gasteiger charge is -2.32. The van der Waals surface area contributed by atoms with E-state index in [0.717, 1.165) is 38.5 Å². The van der Waals surface area contributed by atoms with Crippen molar-refractivity contribution in [3.05, 3.63) is 29.8 Å². The highest BCUT2D eigenvalue weighted by molar-refractivity contribution is 7.89. The number of carbonyl (C=O) groups excluding carboxylic acids is 1. The summed E-state index contributed by atoms with van der Waals surface area (Å²) in [6.07, 6.45) is 5.80. The van der Waals surface area contributed by atoms with E-state index in [1.165, 1.54) is 0 Å². The van der Waals surface area contributed by atoms with Crippen LogP contribution in [0.3, 0.4) is 0 Å². The van der Waals surface area contributed by atoms with E-state index in [1.54, 1.807) is 28.6 Å². The molecule has 0 aliphatic carbocycles. The first kappa shape index (κ1) is 22.1. The van der Waals surface area contributed by atoms with Crippen molar-refractivity contribution in [1.82, 2.24) is 14.5 Å². The van der Waals surface area contributed by atoms with Crippen molar-refractivity contribution in [3.8, 4) is 0 Å². The average molecular weight is 416 g/mol. The van der Waals surface area contributed by atoms with Crippen LogP contribution in [-0.4, -0.2) is 62.8 Å². The summed E-state index contributed by atoms with van der Waals surface area (Å²) in [5.74, 6) is -0.0764. The molecule has 2 aliphatic rings. The van der Waals surface area contributed by atoms with Crippen LogP contribution >= 0.6 is 12.4 Å². The Bertz CT molecular complexity index is 725. The SMILES string of the molecule is CNC1CCN(C(=O)c2cccc(S(=O)(=O)N3CCCCCC3)c2)CC1.Cl. The molecule has 1 aromatic carbocycles. The van der Waals surface area contributed by atoms with Crippen molar-refractivity contribution in [2.75, 3.05) is 33.2 Å². The number of amides is 1. The smallest absolute Gasteiger partial charge is 0.253 e. The van der Waals surface area contributed by atoms with E-state index >= 15 is 0 Å². The Morgan fingerprint density at radius 3 is 2.26 bits per heavy atom.